The Kier molecular flexibility index (Phi) is 2.83. The molecule has 1 aliphatic rings. The molecule has 4 nitrogen and oxygen atoms in total. The van der Waals surface area contributed by atoms with Crippen LogP contribution in [0.3, 0.4) is 0 Å². The Morgan fingerprint density at radius 2 is 1.62 bits per heavy atom. The molecule has 0 aromatic heterocycles. The molecule has 1 aromatic carbocycles. The van der Waals surface area contributed by atoms with Gasteiger partial charge in [0.25, 0.3) is 11.8 Å². The van der Waals surface area contributed by atoms with Gasteiger partial charge in [-0.1, -0.05) is 24.3 Å². The number of carbonyl (C=O) groups excluding carboxylic acids is 2. The minimum atomic E-state index is -0.234. The molecule has 0 bridgehead atoms. The molecule has 2 amide bonds. The Bertz CT molecular complexity index is 431. The Balaban J connectivity index is 2.25. The molecule has 0 atom stereocenters. The van der Waals surface area contributed by atoms with Gasteiger partial charge in [-0.3, -0.25) is 14.5 Å². The summed E-state index contributed by atoms with van der Waals surface area (Å²) in [4.78, 5) is 24.9. The Hall–Kier alpha value is -1.94. The number of amides is 2. The third-order valence-corrected chi connectivity index (χ3v) is 2.47. The molecular weight excluding hydrogens is 204 g/mol. The van der Waals surface area contributed by atoms with Crippen LogP contribution in [0.4, 0.5) is 0 Å². The molecule has 2 N–H and O–H groups in total. The van der Waals surface area contributed by atoms with Gasteiger partial charge in [-0.15, -0.1) is 0 Å². The zero-order valence-electron chi connectivity index (χ0n) is 8.72. The number of carbonyl (C=O) groups is 2. The van der Waals surface area contributed by atoms with Gasteiger partial charge in [0.2, 0.25) is 0 Å². The standard InChI is InChI=1S/C12H12N2O2/c13-7-3-4-8-14-11(15)9-5-1-2-6-10(9)12(14)16/h1-6H,7-8,13H2. The van der Waals surface area contributed by atoms with Gasteiger partial charge in [0.05, 0.1) is 11.1 Å². The van der Waals surface area contributed by atoms with Crippen molar-refractivity contribution in [1.29, 1.82) is 0 Å². The fraction of sp³-hybridized carbons (Fsp3) is 0.167. The van der Waals surface area contributed by atoms with Gasteiger partial charge in [0, 0.05) is 13.1 Å². The Morgan fingerprint density at radius 3 is 2.12 bits per heavy atom. The summed E-state index contributed by atoms with van der Waals surface area (Å²) in [6.45, 7) is 0.687. The summed E-state index contributed by atoms with van der Waals surface area (Å²) >= 11 is 0. The summed E-state index contributed by atoms with van der Waals surface area (Å²) in [7, 11) is 0. The van der Waals surface area contributed by atoms with E-state index in [1.807, 2.05) is 0 Å². The molecule has 2 rings (SSSR count). The summed E-state index contributed by atoms with van der Waals surface area (Å²) in [5.74, 6) is -0.468. The average Bonchev–Trinajstić information content (AvgIpc) is 2.55. The summed E-state index contributed by atoms with van der Waals surface area (Å²) in [5.41, 5.74) is 6.25. The van der Waals surface area contributed by atoms with E-state index in [0.717, 1.165) is 0 Å². The lowest BCUT2D eigenvalue weighted by atomic mass is 10.1. The number of benzene rings is 1. The van der Waals surface area contributed by atoms with Gasteiger partial charge < -0.3 is 5.73 Å². The van der Waals surface area contributed by atoms with Crippen molar-refractivity contribution in [3.8, 4) is 0 Å². The number of nitrogens with zero attached hydrogens (tertiary/aromatic N) is 1. The summed E-state index contributed by atoms with van der Waals surface area (Å²) in [6.07, 6.45) is 3.45. The summed E-state index contributed by atoms with van der Waals surface area (Å²) < 4.78 is 0. The van der Waals surface area contributed by atoms with Crippen molar-refractivity contribution < 1.29 is 9.59 Å². The topological polar surface area (TPSA) is 63.4 Å². The first-order valence-electron chi connectivity index (χ1n) is 5.06. The fourth-order valence-electron chi connectivity index (χ4n) is 1.68. The molecule has 0 unspecified atom stereocenters. The number of hydrogen-bond acceptors (Lipinski definition) is 3. The number of hydrogen-bond donors (Lipinski definition) is 1. The molecule has 1 aliphatic heterocycles. The summed E-state index contributed by atoms with van der Waals surface area (Å²) in [6, 6.07) is 6.84. The zero-order valence-corrected chi connectivity index (χ0v) is 8.72. The second kappa shape index (κ2) is 4.28. The molecule has 4 heteroatoms. The fourth-order valence-corrected chi connectivity index (χ4v) is 1.68. The van der Waals surface area contributed by atoms with E-state index in [2.05, 4.69) is 0 Å². The highest BCUT2D eigenvalue weighted by Gasteiger charge is 2.33. The normalized spacial score (nSPS) is 14.9. The van der Waals surface area contributed by atoms with Crippen molar-refractivity contribution in [1.82, 2.24) is 4.90 Å². The van der Waals surface area contributed by atoms with Gasteiger partial charge >= 0.3 is 0 Å². The third-order valence-electron chi connectivity index (χ3n) is 2.47. The highest BCUT2D eigenvalue weighted by molar-refractivity contribution is 6.21. The SMILES string of the molecule is NCC=CCN1C(=O)c2ccccc2C1=O. The number of imide groups is 1. The molecule has 0 saturated heterocycles. The van der Waals surface area contributed by atoms with Crippen LogP contribution in [-0.4, -0.2) is 29.8 Å². The lowest BCUT2D eigenvalue weighted by molar-refractivity contribution is 0.0672. The highest BCUT2D eigenvalue weighted by atomic mass is 16.2. The lowest BCUT2D eigenvalue weighted by Gasteiger charge is -2.09. The van der Waals surface area contributed by atoms with E-state index in [0.29, 0.717) is 17.7 Å². The van der Waals surface area contributed by atoms with E-state index in [-0.39, 0.29) is 18.4 Å². The van der Waals surface area contributed by atoms with Crippen LogP contribution in [-0.2, 0) is 0 Å². The minimum absolute atomic E-state index is 0.234. The zero-order chi connectivity index (χ0) is 11.5. The molecule has 0 radical (unpaired) electrons. The van der Waals surface area contributed by atoms with Crippen molar-refractivity contribution in [3.63, 3.8) is 0 Å². The van der Waals surface area contributed by atoms with E-state index in [1.54, 1.807) is 36.4 Å². The Morgan fingerprint density at radius 1 is 1.06 bits per heavy atom. The molecule has 16 heavy (non-hydrogen) atoms. The quantitative estimate of drug-likeness (QED) is 0.600. The van der Waals surface area contributed by atoms with Gasteiger partial charge in [-0.25, -0.2) is 0 Å². The van der Waals surface area contributed by atoms with E-state index < -0.39 is 0 Å². The average molecular weight is 216 g/mol. The highest BCUT2D eigenvalue weighted by Crippen LogP contribution is 2.21. The number of nitrogens with two attached hydrogens (primary N) is 1. The monoisotopic (exact) mass is 216 g/mol. The van der Waals surface area contributed by atoms with Crippen LogP contribution in [0.15, 0.2) is 36.4 Å². The Labute approximate surface area is 93.3 Å². The molecule has 0 fully saturated rings. The lowest BCUT2D eigenvalue weighted by Crippen LogP contribution is -2.29. The van der Waals surface area contributed by atoms with Crippen LogP contribution in [0.2, 0.25) is 0 Å². The third kappa shape index (κ3) is 1.63. The van der Waals surface area contributed by atoms with Gasteiger partial charge in [0.1, 0.15) is 0 Å². The molecule has 0 aliphatic carbocycles. The second-order valence-corrected chi connectivity index (χ2v) is 3.47. The van der Waals surface area contributed by atoms with Crippen molar-refractivity contribution >= 4 is 11.8 Å². The van der Waals surface area contributed by atoms with Crippen LogP contribution in [0, 0.1) is 0 Å². The molecule has 0 spiro atoms. The van der Waals surface area contributed by atoms with Crippen LogP contribution < -0.4 is 5.73 Å². The van der Waals surface area contributed by atoms with Crippen LogP contribution in [0.1, 0.15) is 20.7 Å². The van der Waals surface area contributed by atoms with Crippen molar-refractivity contribution in [3.05, 3.63) is 47.5 Å². The van der Waals surface area contributed by atoms with Gasteiger partial charge in [0.15, 0.2) is 0 Å². The van der Waals surface area contributed by atoms with Crippen molar-refractivity contribution in [2.75, 3.05) is 13.1 Å². The second-order valence-electron chi connectivity index (χ2n) is 3.47. The predicted molar refractivity (Wildman–Crippen MR) is 60.0 cm³/mol. The maximum atomic E-state index is 11.8. The first kappa shape index (κ1) is 10.6. The predicted octanol–water partition coefficient (Wildman–Crippen LogP) is 0.798. The first-order chi connectivity index (χ1) is 7.75. The molecular formula is C12H12N2O2. The largest absolute Gasteiger partial charge is 0.327 e. The summed E-state index contributed by atoms with van der Waals surface area (Å²) in [5, 5.41) is 0. The van der Waals surface area contributed by atoms with Gasteiger partial charge in [-0.2, -0.15) is 0 Å². The molecule has 1 heterocycles. The van der Waals surface area contributed by atoms with Crippen LogP contribution in [0.5, 0.6) is 0 Å². The minimum Gasteiger partial charge on any atom is -0.327 e. The number of fused-ring (bicyclic) bond motifs is 1. The van der Waals surface area contributed by atoms with Gasteiger partial charge in [-0.05, 0) is 12.1 Å². The number of rotatable bonds is 3. The maximum absolute atomic E-state index is 11.8. The maximum Gasteiger partial charge on any atom is 0.261 e. The first-order valence-corrected chi connectivity index (χ1v) is 5.06. The molecule has 0 saturated carbocycles. The van der Waals surface area contributed by atoms with E-state index in [1.165, 1.54) is 4.90 Å². The molecule has 1 aromatic rings. The van der Waals surface area contributed by atoms with E-state index in [9.17, 15) is 9.59 Å². The van der Waals surface area contributed by atoms with Crippen LogP contribution >= 0.6 is 0 Å². The smallest absolute Gasteiger partial charge is 0.261 e. The van der Waals surface area contributed by atoms with E-state index >= 15 is 0 Å². The molecule has 82 valence electrons. The van der Waals surface area contributed by atoms with Crippen molar-refractivity contribution in [2.45, 2.75) is 0 Å². The van der Waals surface area contributed by atoms with Crippen LogP contribution in [0.25, 0.3) is 0 Å². The van der Waals surface area contributed by atoms with Crippen molar-refractivity contribution in [2.24, 2.45) is 5.73 Å². The van der Waals surface area contributed by atoms with E-state index in [4.69, 9.17) is 5.73 Å².